The van der Waals surface area contributed by atoms with E-state index >= 15 is 0 Å². The third-order valence-corrected chi connectivity index (χ3v) is 3.67. The quantitative estimate of drug-likeness (QED) is 0.455. The standard InChI is InChI=1S/C12H26N/c1-3-5-7-10-13(4-2)11-8-6-9-12-13/h3-12H2,1-2H3/q+1. The lowest BCUT2D eigenvalue weighted by atomic mass is 10.1. The van der Waals surface area contributed by atoms with Crippen LogP contribution in [0, 0.1) is 0 Å². The van der Waals surface area contributed by atoms with E-state index in [0.717, 1.165) is 0 Å². The molecule has 0 radical (unpaired) electrons. The summed E-state index contributed by atoms with van der Waals surface area (Å²) in [6, 6.07) is 0. The third kappa shape index (κ3) is 3.30. The molecular weight excluding hydrogens is 158 g/mol. The Hall–Kier alpha value is -0.0400. The van der Waals surface area contributed by atoms with Crippen molar-refractivity contribution in [3.05, 3.63) is 0 Å². The van der Waals surface area contributed by atoms with Gasteiger partial charge < -0.3 is 4.48 Å². The number of hydrogen-bond donors (Lipinski definition) is 0. The molecule has 1 rings (SSSR count). The SMILES string of the molecule is CCCCC[N+]1(CC)CCCCC1. The summed E-state index contributed by atoms with van der Waals surface area (Å²) in [5.74, 6) is 0. The zero-order chi connectivity index (χ0) is 9.57. The summed E-state index contributed by atoms with van der Waals surface area (Å²) in [5, 5.41) is 0. The topological polar surface area (TPSA) is 0 Å². The number of unbranched alkanes of at least 4 members (excludes halogenated alkanes) is 2. The average molecular weight is 184 g/mol. The van der Waals surface area contributed by atoms with Crippen LogP contribution in [0.1, 0.15) is 52.4 Å². The van der Waals surface area contributed by atoms with Crippen LogP contribution in [-0.2, 0) is 0 Å². The minimum atomic E-state index is 1.36. The zero-order valence-corrected chi connectivity index (χ0v) is 9.52. The van der Waals surface area contributed by atoms with Crippen LogP contribution in [0.4, 0.5) is 0 Å². The second-order valence-corrected chi connectivity index (χ2v) is 4.60. The Morgan fingerprint density at radius 3 is 2.15 bits per heavy atom. The number of rotatable bonds is 5. The summed E-state index contributed by atoms with van der Waals surface area (Å²) in [7, 11) is 0. The first-order chi connectivity index (χ1) is 6.33. The van der Waals surface area contributed by atoms with Gasteiger partial charge in [-0.15, -0.1) is 0 Å². The van der Waals surface area contributed by atoms with Crippen molar-refractivity contribution in [1.29, 1.82) is 0 Å². The average Bonchev–Trinajstić information content (AvgIpc) is 2.20. The van der Waals surface area contributed by atoms with Gasteiger partial charge in [-0.25, -0.2) is 0 Å². The van der Waals surface area contributed by atoms with E-state index in [4.69, 9.17) is 0 Å². The van der Waals surface area contributed by atoms with Gasteiger partial charge in [0.1, 0.15) is 0 Å². The first-order valence-electron chi connectivity index (χ1n) is 6.18. The van der Waals surface area contributed by atoms with E-state index in [2.05, 4.69) is 13.8 Å². The number of nitrogens with zero attached hydrogens (tertiary/aromatic N) is 1. The smallest absolute Gasteiger partial charge is 0.0786 e. The van der Waals surface area contributed by atoms with E-state index in [1.54, 1.807) is 0 Å². The molecule has 1 saturated heterocycles. The van der Waals surface area contributed by atoms with Crippen LogP contribution in [-0.4, -0.2) is 30.7 Å². The van der Waals surface area contributed by atoms with E-state index in [9.17, 15) is 0 Å². The highest BCUT2D eigenvalue weighted by Gasteiger charge is 2.26. The number of piperidine rings is 1. The van der Waals surface area contributed by atoms with Crippen LogP contribution >= 0.6 is 0 Å². The molecule has 1 nitrogen and oxygen atoms in total. The molecule has 1 heteroatoms. The minimum absolute atomic E-state index is 1.36. The van der Waals surface area contributed by atoms with Crippen molar-refractivity contribution in [2.45, 2.75) is 52.4 Å². The van der Waals surface area contributed by atoms with Gasteiger partial charge in [-0.2, -0.15) is 0 Å². The van der Waals surface area contributed by atoms with Gasteiger partial charge >= 0.3 is 0 Å². The number of hydrogen-bond acceptors (Lipinski definition) is 0. The Morgan fingerprint density at radius 2 is 1.62 bits per heavy atom. The monoisotopic (exact) mass is 184 g/mol. The van der Waals surface area contributed by atoms with Crippen LogP contribution in [0.3, 0.4) is 0 Å². The Kier molecular flexibility index (Phi) is 4.79. The Labute approximate surface area is 83.7 Å². The number of likely N-dealkylation sites (tertiary alicyclic amines) is 1. The predicted molar refractivity (Wildman–Crippen MR) is 58.8 cm³/mol. The maximum Gasteiger partial charge on any atom is 0.0786 e. The first kappa shape index (κ1) is 11.0. The molecular formula is C12H26N+. The van der Waals surface area contributed by atoms with Crippen LogP contribution in [0.2, 0.25) is 0 Å². The van der Waals surface area contributed by atoms with Gasteiger partial charge in [0.05, 0.1) is 26.2 Å². The van der Waals surface area contributed by atoms with Crippen LogP contribution in [0.5, 0.6) is 0 Å². The van der Waals surface area contributed by atoms with Gasteiger partial charge in [-0.3, -0.25) is 0 Å². The predicted octanol–water partition coefficient (Wildman–Crippen LogP) is 3.20. The van der Waals surface area contributed by atoms with E-state index in [-0.39, 0.29) is 0 Å². The third-order valence-electron chi connectivity index (χ3n) is 3.67. The highest BCUT2D eigenvalue weighted by molar-refractivity contribution is 4.53. The van der Waals surface area contributed by atoms with Gasteiger partial charge in [-0.1, -0.05) is 13.3 Å². The molecule has 0 aromatic carbocycles. The second-order valence-electron chi connectivity index (χ2n) is 4.60. The van der Waals surface area contributed by atoms with Crippen molar-refractivity contribution in [2.75, 3.05) is 26.2 Å². The van der Waals surface area contributed by atoms with E-state index < -0.39 is 0 Å². The summed E-state index contributed by atoms with van der Waals surface area (Å²) < 4.78 is 1.43. The summed E-state index contributed by atoms with van der Waals surface area (Å²) >= 11 is 0. The fourth-order valence-corrected chi connectivity index (χ4v) is 2.58. The molecule has 1 heterocycles. The van der Waals surface area contributed by atoms with Gasteiger partial charge in [0.2, 0.25) is 0 Å². The van der Waals surface area contributed by atoms with Gasteiger partial charge in [0, 0.05) is 0 Å². The normalized spacial score (nSPS) is 21.7. The van der Waals surface area contributed by atoms with Crippen LogP contribution in [0.15, 0.2) is 0 Å². The Morgan fingerprint density at radius 1 is 0.923 bits per heavy atom. The molecule has 0 saturated carbocycles. The largest absolute Gasteiger partial charge is 0.324 e. The summed E-state index contributed by atoms with van der Waals surface area (Å²) in [4.78, 5) is 0. The molecule has 0 unspecified atom stereocenters. The summed E-state index contributed by atoms with van der Waals surface area (Å²) in [6.45, 7) is 10.4. The molecule has 0 bridgehead atoms. The van der Waals surface area contributed by atoms with E-state index in [1.165, 1.54) is 69.2 Å². The lowest BCUT2D eigenvalue weighted by Crippen LogP contribution is -2.51. The minimum Gasteiger partial charge on any atom is -0.324 e. The molecule has 0 aromatic rings. The van der Waals surface area contributed by atoms with Gasteiger partial charge in [0.25, 0.3) is 0 Å². The second kappa shape index (κ2) is 5.64. The molecule has 1 aliphatic heterocycles. The van der Waals surface area contributed by atoms with Gasteiger partial charge in [-0.05, 0) is 39.0 Å². The highest BCUT2D eigenvalue weighted by atomic mass is 15.3. The molecule has 0 spiro atoms. The Balaban J connectivity index is 2.29. The lowest BCUT2D eigenvalue weighted by molar-refractivity contribution is -0.931. The maximum absolute atomic E-state index is 2.37. The molecule has 0 aromatic heterocycles. The van der Waals surface area contributed by atoms with Crippen molar-refractivity contribution < 1.29 is 4.48 Å². The molecule has 0 amide bonds. The summed E-state index contributed by atoms with van der Waals surface area (Å²) in [5.41, 5.74) is 0. The maximum atomic E-state index is 2.37. The molecule has 1 fully saturated rings. The first-order valence-corrected chi connectivity index (χ1v) is 6.18. The fourth-order valence-electron chi connectivity index (χ4n) is 2.58. The molecule has 0 atom stereocenters. The highest BCUT2D eigenvalue weighted by Crippen LogP contribution is 2.19. The molecule has 13 heavy (non-hydrogen) atoms. The fraction of sp³-hybridized carbons (Fsp3) is 1.00. The van der Waals surface area contributed by atoms with Crippen LogP contribution < -0.4 is 0 Å². The van der Waals surface area contributed by atoms with Crippen molar-refractivity contribution in [1.82, 2.24) is 0 Å². The lowest BCUT2D eigenvalue weighted by Gasteiger charge is -2.41. The summed E-state index contributed by atoms with van der Waals surface area (Å²) in [6.07, 6.45) is 8.67. The van der Waals surface area contributed by atoms with E-state index in [1.807, 2.05) is 0 Å². The van der Waals surface area contributed by atoms with Gasteiger partial charge in [0.15, 0.2) is 0 Å². The molecule has 0 aliphatic carbocycles. The Bertz CT molecular complexity index is 125. The van der Waals surface area contributed by atoms with Crippen molar-refractivity contribution >= 4 is 0 Å². The van der Waals surface area contributed by atoms with E-state index in [0.29, 0.717) is 0 Å². The molecule has 78 valence electrons. The van der Waals surface area contributed by atoms with Crippen LogP contribution in [0.25, 0.3) is 0 Å². The van der Waals surface area contributed by atoms with Crippen molar-refractivity contribution in [3.8, 4) is 0 Å². The molecule has 0 N–H and O–H groups in total. The van der Waals surface area contributed by atoms with Crippen molar-refractivity contribution in [3.63, 3.8) is 0 Å². The van der Waals surface area contributed by atoms with Crippen molar-refractivity contribution in [2.24, 2.45) is 0 Å². The zero-order valence-electron chi connectivity index (χ0n) is 9.52. The molecule has 1 aliphatic rings. The number of quaternary nitrogens is 1.